The van der Waals surface area contributed by atoms with Crippen molar-refractivity contribution in [2.45, 2.75) is 29.7 Å². The van der Waals surface area contributed by atoms with Gasteiger partial charge in [0.25, 0.3) is 5.78 Å². The summed E-state index contributed by atoms with van der Waals surface area (Å²) in [6.45, 7) is 2.32. The molecular weight excluding hydrogens is 626 g/mol. The number of aromatic nitrogens is 2. The van der Waals surface area contributed by atoms with Crippen molar-refractivity contribution >= 4 is 45.7 Å². The van der Waals surface area contributed by atoms with E-state index in [1.165, 1.54) is 59.4 Å². The molecule has 0 spiro atoms. The SMILES string of the molecule is COc1cc(C2/C(=C(/O)c3ccc(F)cc3)C(=O)C(=O)N2c2nnc(SCc3ccc(C)cc3)s2)ccc1OCc1ccccc1. The number of aryl methyl sites for hydroxylation is 1. The molecule has 1 aromatic heterocycles. The number of aliphatic hydroxyl groups is 1. The molecule has 1 aliphatic heterocycles. The van der Waals surface area contributed by atoms with Gasteiger partial charge in [-0.05, 0) is 60.0 Å². The number of halogens is 1. The van der Waals surface area contributed by atoms with Crippen molar-refractivity contribution in [3.63, 3.8) is 0 Å². The number of carbonyl (C=O) groups excluding carboxylic acids is 2. The van der Waals surface area contributed by atoms with Gasteiger partial charge in [0.2, 0.25) is 5.13 Å². The van der Waals surface area contributed by atoms with Crippen LogP contribution in [0, 0.1) is 12.7 Å². The number of Topliss-reactive ketones (excluding diaryl/α,β-unsaturated/α-hetero) is 1. The number of nitrogens with zero attached hydrogens (tertiary/aromatic N) is 3. The van der Waals surface area contributed by atoms with Crippen LogP contribution in [0.5, 0.6) is 11.5 Å². The van der Waals surface area contributed by atoms with Gasteiger partial charge in [-0.15, -0.1) is 10.2 Å². The minimum absolute atomic E-state index is 0.166. The summed E-state index contributed by atoms with van der Waals surface area (Å²) in [7, 11) is 1.49. The molecule has 1 unspecified atom stereocenters. The van der Waals surface area contributed by atoms with Gasteiger partial charge in [0.05, 0.1) is 18.7 Å². The molecule has 0 aliphatic carbocycles. The maximum atomic E-state index is 13.7. The van der Waals surface area contributed by atoms with Crippen molar-refractivity contribution in [3.05, 3.63) is 136 Å². The first kappa shape index (κ1) is 31.0. The standard InChI is InChI=1S/C35H28FN3O5S2/c1-21-8-10-23(11-9-21)20-45-35-38-37-34(46-35)39-30(29(32(41)33(39)42)31(40)24-12-15-26(36)16-13-24)25-14-17-27(28(18-25)43-2)44-19-22-6-4-3-5-7-22/h3-18,30,40H,19-20H2,1-2H3/b31-29-. The highest BCUT2D eigenvalue weighted by molar-refractivity contribution is 8.00. The minimum atomic E-state index is -1.08. The van der Waals surface area contributed by atoms with Crippen molar-refractivity contribution in [1.82, 2.24) is 10.2 Å². The number of amides is 1. The maximum Gasteiger partial charge on any atom is 0.301 e. The number of rotatable bonds is 10. The Morgan fingerprint density at radius 2 is 1.67 bits per heavy atom. The average Bonchev–Trinajstić information content (AvgIpc) is 3.65. The molecule has 0 radical (unpaired) electrons. The fourth-order valence-corrected chi connectivity index (χ4v) is 6.83. The van der Waals surface area contributed by atoms with Gasteiger partial charge in [-0.2, -0.15) is 0 Å². The smallest absolute Gasteiger partial charge is 0.301 e. The molecule has 1 amide bonds. The Morgan fingerprint density at radius 1 is 0.935 bits per heavy atom. The van der Waals surface area contributed by atoms with E-state index in [4.69, 9.17) is 9.47 Å². The monoisotopic (exact) mass is 653 g/mol. The van der Waals surface area contributed by atoms with Crippen LogP contribution in [0.3, 0.4) is 0 Å². The van der Waals surface area contributed by atoms with E-state index >= 15 is 0 Å². The van der Waals surface area contributed by atoms with E-state index in [0.29, 0.717) is 33.8 Å². The van der Waals surface area contributed by atoms with Crippen LogP contribution in [0.2, 0.25) is 0 Å². The van der Waals surface area contributed by atoms with Crippen LogP contribution in [0.15, 0.2) is 107 Å². The van der Waals surface area contributed by atoms with Gasteiger partial charge in [-0.1, -0.05) is 89.3 Å². The Labute approximate surface area is 273 Å². The zero-order valence-electron chi connectivity index (χ0n) is 24.8. The quantitative estimate of drug-likeness (QED) is 0.0544. The van der Waals surface area contributed by atoms with Crippen LogP contribution < -0.4 is 14.4 Å². The summed E-state index contributed by atoms with van der Waals surface area (Å²) in [5.74, 6) is -1.25. The fraction of sp³-hybridized carbons (Fsp3) is 0.143. The van der Waals surface area contributed by atoms with Gasteiger partial charge in [0.15, 0.2) is 15.8 Å². The molecule has 232 valence electrons. The number of hydrogen-bond acceptors (Lipinski definition) is 9. The topological polar surface area (TPSA) is 102 Å². The third kappa shape index (κ3) is 6.51. The third-order valence-electron chi connectivity index (χ3n) is 7.39. The summed E-state index contributed by atoms with van der Waals surface area (Å²) in [6, 6.07) is 26.8. The van der Waals surface area contributed by atoms with Crippen LogP contribution in [-0.4, -0.2) is 34.1 Å². The lowest BCUT2D eigenvalue weighted by molar-refractivity contribution is -0.132. The van der Waals surface area contributed by atoms with Crippen molar-refractivity contribution < 1.29 is 28.6 Å². The lowest BCUT2D eigenvalue weighted by Crippen LogP contribution is -2.29. The van der Waals surface area contributed by atoms with Crippen LogP contribution in [0.4, 0.5) is 9.52 Å². The normalized spacial score (nSPS) is 15.7. The van der Waals surface area contributed by atoms with Crippen LogP contribution in [0.25, 0.3) is 5.76 Å². The molecule has 0 bridgehead atoms. The predicted molar refractivity (Wildman–Crippen MR) is 176 cm³/mol. The van der Waals surface area contributed by atoms with E-state index in [2.05, 4.69) is 10.2 Å². The summed E-state index contributed by atoms with van der Waals surface area (Å²) in [5.41, 5.74) is 3.72. The molecule has 11 heteroatoms. The number of ether oxygens (including phenoxy) is 2. The van der Waals surface area contributed by atoms with Crippen molar-refractivity contribution in [2.75, 3.05) is 12.0 Å². The van der Waals surface area contributed by atoms with E-state index in [1.54, 1.807) is 18.2 Å². The number of anilines is 1. The molecule has 8 nitrogen and oxygen atoms in total. The summed E-state index contributed by atoms with van der Waals surface area (Å²) in [5, 5.41) is 20.1. The van der Waals surface area contributed by atoms with Crippen LogP contribution >= 0.6 is 23.1 Å². The first-order valence-corrected chi connectivity index (χ1v) is 16.1. The van der Waals surface area contributed by atoms with E-state index in [0.717, 1.165) is 16.7 Å². The zero-order valence-corrected chi connectivity index (χ0v) is 26.5. The molecule has 1 N–H and O–H groups in total. The fourth-order valence-electron chi connectivity index (χ4n) is 5.00. The average molecular weight is 654 g/mol. The Kier molecular flexibility index (Phi) is 9.13. The molecule has 4 aromatic carbocycles. The zero-order chi connectivity index (χ0) is 32.2. The van der Waals surface area contributed by atoms with Crippen LogP contribution in [-0.2, 0) is 21.9 Å². The number of ketones is 1. The van der Waals surface area contributed by atoms with Crippen molar-refractivity contribution in [1.29, 1.82) is 0 Å². The molecule has 1 aliphatic rings. The molecule has 1 atom stereocenters. The summed E-state index contributed by atoms with van der Waals surface area (Å²) < 4.78 is 26.0. The summed E-state index contributed by atoms with van der Waals surface area (Å²) in [4.78, 5) is 28.5. The van der Waals surface area contributed by atoms with Crippen molar-refractivity contribution in [3.8, 4) is 11.5 Å². The van der Waals surface area contributed by atoms with E-state index in [1.807, 2.05) is 61.5 Å². The molecule has 5 aromatic rings. The number of thioether (sulfide) groups is 1. The highest BCUT2D eigenvalue weighted by Gasteiger charge is 2.48. The second-order valence-corrected chi connectivity index (χ2v) is 12.7. The summed E-state index contributed by atoms with van der Waals surface area (Å²) >= 11 is 2.63. The Hall–Kier alpha value is -5.00. The Morgan fingerprint density at radius 3 is 2.39 bits per heavy atom. The first-order chi connectivity index (χ1) is 22.3. The molecule has 2 heterocycles. The molecule has 0 saturated carbocycles. The second-order valence-electron chi connectivity index (χ2n) is 10.5. The van der Waals surface area contributed by atoms with Crippen molar-refractivity contribution in [2.24, 2.45) is 0 Å². The van der Waals surface area contributed by atoms with Gasteiger partial charge in [0.1, 0.15) is 18.2 Å². The molecular formula is C35H28FN3O5S2. The number of carbonyl (C=O) groups is 2. The third-order valence-corrected chi connectivity index (χ3v) is 9.51. The maximum absolute atomic E-state index is 13.7. The Balaban J connectivity index is 1.37. The Bertz CT molecular complexity index is 1910. The van der Waals surface area contributed by atoms with Gasteiger partial charge < -0.3 is 14.6 Å². The number of aliphatic hydroxyl groups excluding tert-OH is 1. The van der Waals surface area contributed by atoms with Gasteiger partial charge in [0, 0.05) is 11.3 Å². The second kappa shape index (κ2) is 13.6. The van der Waals surface area contributed by atoms with Gasteiger partial charge in [-0.3, -0.25) is 14.5 Å². The van der Waals surface area contributed by atoms with Crippen LogP contribution in [0.1, 0.15) is 33.9 Å². The summed E-state index contributed by atoms with van der Waals surface area (Å²) in [6.07, 6.45) is 0. The van der Waals surface area contributed by atoms with E-state index in [9.17, 15) is 19.1 Å². The lowest BCUT2D eigenvalue weighted by atomic mass is 9.95. The molecule has 46 heavy (non-hydrogen) atoms. The first-order valence-electron chi connectivity index (χ1n) is 14.3. The van der Waals surface area contributed by atoms with Gasteiger partial charge in [-0.25, -0.2) is 4.39 Å². The molecule has 1 saturated heterocycles. The number of hydrogen-bond donors (Lipinski definition) is 1. The van der Waals surface area contributed by atoms with E-state index < -0.39 is 29.3 Å². The molecule has 6 rings (SSSR count). The predicted octanol–water partition coefficient (Wildman–Crippen LogP) is 7.49. The lowest BCUT2D eigenvalue weighted by Gasteiger charge is -2.23. The van der Waals surface area contributed by atoms with E-state index in [-0.39, 0.29) is 16.3 Å². The largest absolute Gasteiger partial charge is 0.507 e. The highest BCUT2D eigenvalue weighted by atomic mass is 32.2. The molecule has 1 fully saturated rings. The number of methoxy groups -OCH3 is 1. The van der Waals surface area contributed by atoms with Gasteiger partial charge >= 0.3 is 5.91 Å². The minimum Gasteiger partial charge on any atom is -0.507 e. The number of benzene rings is 4. The highest BCUT2D eigenvalue weighted by Crippen LogP contribution is 2.45.